The van der Waals surface area contributed by atoms with E-state index in [-0.39, 0.29) is 5.75 Å². The van der Waals surface area contributed by atoms with Gasteiger partial charge in [-0.25, -0.2) is 9.97 Å². The summed E-state index contributed by atoms with van der Waals surface area (Å²) < 4.78 is 2.07. The van der Waals surface area contributed by atoms with Crippen molar-refractivity contribution in [1.29, 1.82) is 0 Å². The summed E-state index contributed by atoms with van der Waals surface area (Å²) in [6.45, 7) is 0. The van der Waals surface area contributed by atoms with Gasteiger partial charge >= 0.3 is 5.97 Å². The minimum absolute atomic E-state index is 0.00306. The molecule has 0 aliphatic carbocycles. The summed E-state index contributed by atoms with van der Waals surface area (Å²) >= 11 is 9.08. The first kappa shape index (κ1) is 14.0. The lowest BCUT2D eigenvalue weighted by Gasteiger charge is -2.14. The number of nitrogens with zero attached hydrogens (tertiary/aromatic N) is 3. The van der Waals surface area contributed by atoms with Crippen LogP contribution in [0, 0.1) is 0 Å². The highest BCUT2D eigenvalue weighted by Crippen LogP contribution is 2.35. The van der Waals surface area contributed by atoms with Crippen molar-refractivity contribution in [3.63, 3.8) is 0 Å². The molecule has 1 N–H and O–H groups in total. The molecule has 0 spiro atoms. The van der Waals surface area contributed by atoms with Gasteiger partial charge in [-0.2, -0.15) is 11.8 Å². The Kier molecular flexibility index (Phi) is 4.09. The number of aliphatic carboxylic acids is 1. The lowest BCUT2D eigenvalue weighted by molar-refractivity contribution is -0.133. The molecule has 106 valence electrons. The summed E-state index contributed by atoms with van der Waals surface area (Å²) in [6, 6.07) is 2.10. The van der Waals surface area contributed by atoms with Gasteiger partial charge in [-0.05, 0) is 18.2 Å². The largest absolute Gasteiger partial charge is 0.481 e. The van der Waals surface area contributed by atoms with E-state index in [1.807, 2.05) is 11.8 Å². The number of halogens is 1. The molecule has 0 bridgehead atoms. The quantitative estimate of drug-likeness (QED) is 0.870. The highest BCUT2D eigenvalue weighted by molar-refractivity contribution is 8.00. The van der Waals surface area contributed by atoms with Crippen molar-refractivity contribution < 1.29 is 9.90 Å². The van der Waals surface area contributed by atoms with Crippen molar-refractivity contribution >= 4 is 52.3 Å². The minimum Gasteiger partial charge on any atom is -0.481 e. The number of hydrogen-bond donors (Lipinski definition) is 1. The van der Waals surface area contributed by atoms with E-state index in [2.05, 4.69) is 14.5 Å². The summed E-state index contributed by atoms with van der Waals surface area (Å²) in [5, 5.41) is 10.1. The molecule has 1 atom stereocenters. The second-order valence-corrected chi connectivity index (χ2v) is 6.99. The lowest BCUT2D eigenvalue weighted by atomic mass is 10.2. The zero-order valence-electron chi connectivity index (χ0n) is 10.5. The predicted molar refractivity (Wildman–Crippen MR) is 81.9 cm³/mol. The molecule has 1 saturated heterocycles. The van der Waals surface area contributed by atoms with E-state index >= 15 is 0 Å². The molecule has 2 aromatic rings. The molecule has 5 nitrogen and oxygen atoms in total. The van der Waals surface area contributed by atoms with Crippen LogP contribution in [-0.2, 0) is 4.79 Å². The molecular formula is C12H12ClN3O2S2. The third kappa shape index (κ3) is 2.75. The second-order valence-electron chi connectivity index (χ2n) is 4.46. The molecule has 3 heterocycles. The average Bonchev–Trinajstić information content (AvgIpc) is 3.01. The van der Waals surface area contributed by atoms with E-state index in [1.54, 1.807) is 12.3 Å². The fraction of sp³-hybridized carbons (Fsp3) is 0.417. The molecule has 3 rings (SSSR count). The summed E-state index contributed by atoms with van der Waals surface area (Å²) in [5.41, 5.74) is 1.51. The van der Waals surface area contributed by atoms with Crippen molar-refractivity contribution in [1.82, 2.24) is 14.5 Å². The maximum atomic E-state index is 10.8. The molecule has 0 saturated carbocycles. The molecule has 1 fully saturated rings. The van der Waals surface area contributed by atoms with Gasteiger partial charge in [-0.15, -0.1) is 0 Å². The smallest absolute Gasteiger partial charge is 0.313 e. The Labute approximate surface area is 129 Å². The van der Waals surface area contributed by atoms with Crippen molar-refractivity contribution in [3.8, 4) is 0 Å². The number of pyridine rings is 1. The van der Waals surface area contributed by atoms with Crippen LogP contribution >= 0.6 is 35.1 Å². The predicted octanol–water partition coefficient (Wildman–Crippen LogP) is 2.94. The fourth-order valence-corrected chi connectivity index (χ4v) is 4.36. The maximum absolute atomic E-state index is 10.8. The van der Waals surface area contributed by atoms with Crippen molar-refractivity contribution in [2.45, 2.75) is 17.6 Å². The SMILES string of the molecule is O=C(O)CSc1nc2cc(Cl)cnc2n1C1CCSC1. The maximum Gasteiger partial charge on any atom is 0.313 e. The highest BCUT2D eigenvalue weighted by atomic mass is 35.5. The molecule has 0 radical (unpaired) electrons. The highest BCUT2D eigenvalue weighted by Gasteiger charge is 2.24. The molecule has 8 heteroatoms. The lowest BCUT2D eigenvalue weighted by Crippen LogP contribution is -2.10. The van der Waals surface area contributed by atoms with Gasteiger partial charge in [0.2, 0.25) is 0 Å². The first-order chi connectivity index (χ1) is 9.65. The number of rotatable bonds is 4. The van der Waals surface area contributed by atoms with Gasteiger partial charge in [0.1, 0.15) is 5.52 Å². The van der Waals surface area contributed by atoms with Gasteiger partial charge in [-0.3, -0.25) is 9.36 Å². The summed E-state index contributed by atoms with van der Waals surface area (Å²) in [6.07, 6.45) is 2.66. The topological polar surface area (TPSA) is 68.0 Å². The Bertz CT molecular complexity index is 655. The number of thioether (sulfide) groups is 2. The summed E-state index contributed by atoms with van der Waals surface area (Å²) in [7, 11) is 0. The minimum atomic E-state index is -0.847. The molecule has 1 aliphatic heterocycles. The summed E-state index contributed by atoms with van der Waals surface area (Å²) in [4.78, 5) is 19.6. The zero-order chi connectivity index (χ0) is 14.1. The number of carbonyl (C=O) groups is 1. The van der Waals surface area contributed by atoms with E-state index in [4.69, 9.17) is 16.7 Å². The Balaban J connectivity index is 2.05. The molecule has 0 amide bonds. The van der Waals surface area contributed by atoms with Gasteiger partial charge < -0.3 is 5.11 Å². The van der Waals surface area contributed by atoms with Crippen LogP contribution < -0.4 is 0 Å². The number of carboxylic acids is 1. The molecule has 20 heavy (non-hydrogen) atoms. The Morgan fingerprint density at radius 1 is 1.65 bits per heavy atom. The molecule has 1 unspecified atom stereocenters. The number of aromatic nitrogens is 3. The van der Waals surface area contributed by atoms with Gasteiger partial charge in [0.15, 0.2) is 10.8 Å². The van der Waals surface area contributed by atoms with Crippen LogP contribution in [-0.4, -0.2) is 42.9 Å². The number of carboxylic acid groups (broad SMARTS) is 1. The van der Waals surface area contributed by atoms with Crippen molar-refractivity contribution in [2.24, 2.45) is 0 Å². The monoisotopic (exact) mass is 329 g/mol. The van der Waals surface area contributed by atoms with Crippen LogP contribution in [0.15, 0.2) is 17.4 Å². The van der Waals surface area contributed by atoms with E-state index in [1.165, 1.54) is 11.8 Å². The van der Waals surface area contributed by atoms with Gasteiger partial charge in [0.25, 0.3) is 0 Å². The van der Waals surface area contributed by atoms with Crippen LogP contribution in [0.5, 0.6) is 0 Å². The number of hydrogen-bond acceptors (Lipinski definition) is 5. The van der Waals surface area contributed by atoms with E-state index < -0.39 is 5.97 Å². The first-order valence-corrected chi connectivity index (χ1v) is 8.63. The summed E-state index contributed by atoms with van der Waals surface area (Å²) in [5.74, 6) is 1.27. The van der Waals surface area contributed by atoms with Gasteiger partial charge in [0.05, 0.1) is 10.8 Å². The molecule has 1 aliphatic rings. The van der Waals surface area contributed by atoms with Crippen LogP contribution in [0.2, 0.25) is 5.02 Å². The second kappa shape index (κ2) is 5.83. The molecule has 0 aromatic carbocycles. The van der Waals surface area contributed by atoms with Gasteiger partial charge in [-0.1, -0.05) is 23.4 Å². The molecule has 2 aromatic heterocycles. The van der Waals surface area contributed by atoms with Crippen LogP contribution in [0.1, 0.15) is 12.5 Å². The van der Waals surface area contributed by atoms with Crippen molar-refractivity contribution in [3.05, 3.63) is 17.3 Å². The van der Waals surface area contributed by atoms with E-state index in [9.17, 15) is 4.79 Å². The van der Waals surface area contributed by atoms with Crippen molar-refractivity contribution in [2.75, 3.05) is 17.3 Å². The number of imidazole rings is 1. The Hall–Kier alpha value is -0.920. The molecular weight excluding hydrogens is 318 g/mol. The Morgan fingerprint density at radius 3 is 3.20 bits per heavy atom. The third-order valence-electron chi connectivity index (χ3n) is 3.06. The van der Waals surface area contributed by atoms with Crippen LogP contribution in [0.25, 0.3) is 11.2 Å². The van der Waals surface area contributed by atoms with E-state index in [0.717, 1.165) is 29.1 Å². The Morgan fingerprint density at radius 2 is 2.50 bits per heavy atom. The first-order valence-electron chi connectivity index (χ1n) is 6.11. The number of fused-ring (bicyclic) bond motifs is 1. The van der Waals surface area contributed by atoms with Crippen LogP contribution in [0.4, 0.5) is 0 Å². The fourth-order valence-electron chi connectivity index (χ4n) is 2.22. The van der Waals surface area contributed by atoms with E-state index in [0.29, 0.717) is 16.2 Å². The van der Waals surface area contributed by atoms with Gasteiger partial charge in [0, 0.05) is 18.0 Å². The normalized spacial score (nSPS) is 18.8. The standard InChI is InChI=1S/C12H12ClN3O2S2/c13-7-3-9-11(14-4-7)16(8-1-2-19-5-8)12(15-9)20-6-10(17)18/h3-4,8H,1-2,5-6H2,(H,17,18). The average molecular weight is 330 g/mol. The van der Waals surface area contributed by atoms with Crippen LogP contribution in [0.3, 0.4) is 0 Å². The third-order valence-corrected chi connectivity index (χ3v) is 5.35. The zero-order valence-corrected chi connectivity index (χ0v) is 12.8.